The van der Waals surface area contributed by atoms with Gasteiger partial charge in [0.25, 0.3) is 0 Å². The molecule has 0 amide bonds. The molecule has 0 atom stereocenters. The summed E-state index contributed by atoms with van der Waals surface area (Å²) < 4.78 is 0. The summed E-state index contributed by atoms with van der Waals surface area (Å²) in [6.07, 6.45) is 6.75. The molecule has 0 saturated carbocycles. The summed E-state index contributed by atoms with van der Waals surface area (Å²) in [6.45, 7) is 4.36. The number of hydrogen-bond acceptors (Lipinski definition) is 1. The Balaban J connectivity index is 1.99. The van der Waals surface area contributed by atoms with Gasteiger partial charge in [0.05, 0.1) is 0 Å². The summed E-state index contributed by atoms with van der Waals surface area (Å²) in [5, 5.41) is 0. The smallest absolute Gasteiger partial charge is 0.0490 e. The first-order chi connectivity index (χ1) is 12.3. The average molecular weight is 327 g/mol. The van der Waals surface area contributed by atoms with Crippen molar-refractivity contribution in [3.63, 3.8) is 0 Å². The SMILES string of the molecule is CCCC=Cc1ccc(N(c2ccccc2)c2ccccc2C)cc1. The highest BCUT2D eigenvalue weighted by Crippen LogP contribution is 2.36. The minimum absolute atomic E-state index is 1.13. The van der Waals surface area contributed by atoms with Gasteiger partial charge in [0.1, 0.15) is 0 Å². The molecule has 0 heterocycles. The predicted molar refractivity (Wildman–Crippen MR) is 110 cm³/mol. The zero-order valence-electron chi connectivity index (χ0n) is 15.0. The van der Waals surface area contributed by atoms with Crippen molar-refractivity contribution in [3.05, 3.63) is 96.1 Å². The zero-order valence-corrected chi connectivity index (χ0v) is 15.0. The second-order valence-corrected chi connectivity index (χ2v) is 6.24. The van der Waals surface area contributed by atoms with Gasteiger partial charge >= 0.3 is 0 Å². The van der Waals surface area contributed by atoms with Gasteiger partial charge in [0, 0.05) is 17.1 Å². The maximum Gasteiger partial charge on any atom is 0.0490 e. The molecule has 0 aliphatic heterocycles. The van der Waals surface area contributed by atoms with Crippen LogP contribution in [-0.4, -0.2) is 0 Å². The highest BCUT2D eigenvalue weighted by Gasteiger charge is 2.13. The van der Waals surface area contributed by atoms with E-state index in [4.69, 9.17) is 0 Å². The van der Waals surface area contributed by atoms with E-state index in [0.717, 1.165) is 6.42 Å². The molecule has 0 bridgehead atoms. The lowest BCUT2D eigenvalue weighted by Crippen LogP contribution is -2.11. The lowest BCUT2D eigenvalue weighted by molar-refractivity contribution is 0.962. The standard InChI is InChI=1S/C24H25N/c1-3-4-6-12-21-16-18-23(19-17-21)25(22-13-7-5-8-14-22)24-15-10-9-11-20(24)2/h5-19H,3-4H2,1-2H3. The molecule has 1 nitrogen and oxygen atoms in total. The molecule has 0 aliphatic rings. The van der Waals surface area contributed by atoms with E-state index < -0.39 is 0 Å². The van der Waals surface area contributed by atoms with Crippen molar-refractivity contribution in [2.75, 3.05) is 4.90 Å². The number of aryl methyl sites for hydroxylation is 1. The number of rotatable bonds is 6. The molecule has 25 heavy (non-hydrogen) atoms. The quantitative estimate of drug-likeness (QED) is 0.460. The van der Waals surface area contributed by atoms with Gasteiger partial charge in [0.2, 0.25) is 0 Å². The van der Waals surface area contributed by atoms with Crippen LogP contribution < -0.4 is 4.90 Å². The van der Waals surface area contributed by atoms with Crippen molar-refractivity contribution in [2.24, 2.45) is 0 Å². The Morgan fingerprint density at radius 1 is 0.760 bits per heavy atom. The Hall–Kier alpha value is -2.80. The van der Waals surface area contributed by atoms with Crippen LogP contribution >= 0.6 is 0 Å². The molecule has 0 unspecified atom stereocenters. The number of anilines is 3. The van der Waals surface area contributed by atoms with Crippen LogP contribution in [0.4, 0.5) is 17.1 Å². The number of allylic oxidation sites excluding steroid dienone is 1. The molecule has 3 aromatic rings. The van der Waals surface area contributed by atoms with Gasteiger partial charge in [-0.3, -0.25) is 0 Å². The third-order valence-electron chi connectivity index (χ3n) is 4.29. The van der Waals surface area contributed by atoms with Gasteiger partial charge in [-0.1, -0.05) is 74.0 Å². The number of unbranched alkanes of at least 4 members (excludes halogenated alkanes) is 1. The van der Waals surface area contributed by atoms with E-state index in [-0.39, 0.29) is 0 Å². The largest absolute Gasteiger partial charge is 0.310 e. The van der Waals surface area contributed by atoms with Crippen molar-refractivity contribution >= 4 is 23.1 Å². The zero-order chi connectivity index (χ0) is 17.5. The predicted octanol–water partition coefficient (Wildman–Crippen LogP) is 7.28. The lowest BCUT2D eigenvalue weighted by Gasteiger charge is -2.27. The van der Waals surface area contributed by atoms with Crippen LogP contribution in [0.3, 0.4) is 0 Å². The lowest BCUT2D eigenvalue weighted by atomic mass is 10.1. The number of nitrogens with zero attached hydrogens (tertiary/aromatic N) is 1. The van der Waals surface area contributed by atoms with E-state index >= 15 is 0 Å². The number of hydrogen-bond donors (Lipinski definition) is 0. The molecular weight excluding hydrogens is 302 g/mol. The fourth-order valence-corrected chi connectivity index (χ4v) is 2.94. The second-order valence-electron chi connectivity index (χ2n) is 6.24. The molecule has 126 valence electrons. The first-order valence-corrected chi connectivity index (χ1v) is 8.97. The van der Waals surface area contributed by atoms with Crippen molar-refractivity contribution in [1.82, 2.24) is 0 Å². The van der Waals surface area contributed by atoms with Gasteiger partial charge in [0.15, 0.2) is 0 Å². The van der Waals surface area contributed by atoms with Gasteiger partial charge < -0.3 is 4.90 Å². The van der Waals surface area contributed by atoms with E-state index in [9.17, 15) is 0 Å². The average Bonchev–Trinajstić information content (AvgIpc) is 2.66. The van der Waals surface area contributed by atoms with Crippen LogP contribution in [-0.2, 0) is 0 Å². The van der Waals surface area contributed by atoms with Crippen LogP contribution in [0.15, 0.2) is 84.9 Å². The summed E-state index contributed by atoms with van der Waals surface area (Å²) in [5.74, 6) is 0. The van der Waals surface area contributed by atoms with Gasteiger partial charge in [-0.2, -0.15) is 0 Å². The van der Waals surface area contributed by atoms with Crippen LogP contribution in [0.1, 0.15) is 30.9 Å². The maximum absolute atomic E-state index is 2.31. The molecule has 0 aromatic heterocycles. The van der Waals surface area contributed by atoms with Gasteiger partial charge in [-0.25, -0.2) is 0 Å². The summed E-state index contributed by atoms with van der Waals surface area (Å²) in [7, 11) is 0. The molecule has 0 radical (unpaired) electrons. The van der Waals surface area contributed by atoms with E-state index in [1.807, 2.05) is 0 Å². The van der Waals surface area contributed by atoms with E-state index in [0.29, 0.717) is 0 Å². The summed E-state index contributed by atoms with van der Waals surface area (Å²) >= 11 is 0. The normalized spacial score (nSPS) is 11.0. The molecule has 3 aromatic carbocycles. The third kappa shape index (κ3) is 4.19. The first-order valence-electron chi connectivity index (χ1n) is 8.97. The second kappa shape index (κ2) is 8.34. The number of benzene rings is 3. The number of para-hydroxylation sites is 2. The highest BCUT2D eigenvalue weighted by molar-refractivity contribution is 5.78. The molecule has 0 N–H and O–H groups in total. The Morgan fingerprint density at radius 2 is 1.40 bits per heavy atom. The minimum atomic E-state index is 1.13. The van der Waals surface area contributed by atoms with Crippen molar-refractivity contribution in [2.45, 2.75) is 26.7 Å². The molecule has 3 rings (SSSR count). The molecule has 0 fully saturated rings. The summed E-state index contributed by atoms with van der Waals surface area (Å²) in [4.78, 5) is 2.31. The van der Waals surface area contributed by atoms with Crippen molar-refractivity contribution in [3.8, 4) is 0 Å². The molecule has 0 saturated heterocycles. The van der Waals surface area contributed by atoms with Crippen LogP contribution in [0.2, 0.25) is 0 Å². The molecule has 0 aliphatic carbocycles. The first kappa shape index (κ1) is 17.0. The van der Waals surface area contributed by atoms with Crippen molar-refractivity contribution in [1.29, 1.82) is 0 Å². The summed E-state index contributed by atoms with van der Waals surface area (Å²) in [5.41, 5.74) is 6.07. The fourth-order valence-electron chi connectivity index (χ4n) is 2.94. The molecule has 0 spiro atoms. The molecular formula is C24H25N. The summed E-state index contributed by atoms with van der Waals surface area (Å²) in [6, 6.07) is 27.8. The highest BCUT2D eigenvalue weighted by atomic mass is 15.1. The van der Waals surface area contributed by atoms with Gasteiger partial charge in [-0.15, -0.1) is 0 Å². The third-order valence-corrected chi connectivity index (χ3v) is 4.29. The Kier molecular flexibility index (Phi) is 5.69. The fraction of sp³-hybridized carbons (Fsp3) is 0.167. The van der Waals surface area contributed by atoms with E-state index in [1.165, 1.54) is 34.6 Å². The topological polar surface area (TPSA) is 3.24 Å². The van der Waals surface area contributed by atoms with Crippen LogP contribution in [0, 0.1) is 6.92 Å². The van der Waals surface area contributed by atoms with Crippen LogP contribution in [0.5, 0.6) is 0 Å². The molecule has 1 heteroatoms. The van der Waals surface area contributed by atoms with Crippen LogP contribution in [0.25, 0.3) is 6.08 Å². The maximum atomic E-state index is 2.31. The Labute approximate surface area is 151 Å². The van der Waals surface area contributed by atoms with Crippen molar-refractivity contribution < 1.29 is 0 Å². The Bertz CT molecular complexity index is 816. The van der Waals surface area contributed by atoms with E-state index in [1.54, 1.807) is 0 Å². The minimum Gasteiger partial charge on any atom is -0.310 e. The Morgan fingerprint density at radius 3 is 2.08 bits per heavy atom. The van der Waals surface area contributed by atoms with Gasteiger partial charge in [-0.05, 0) is 54.8 Å². The monoisotopic (exact) mass is 327 g/mol. The van der Waals surface area contributed by atoms with E-state index in [2.05, 4.69) is 110 Å².